The van der Waals surface area contributed by atoms with Crippen LogP contribution in [0.15, 0.2) is 41.2 Å². The number of hydrogen-bond donors (Lipinski definition) is 2. The number of halogens is 3. The number of aryl methyl sites for hydroxylation is 1. The topological polar surface area (TPSA) is 106 Å². The lowest BCUT2D eigenvalue weighted by Crippen LogP contribution is -2.44. The van der Waals surface area contributed by atoms with Gasteiger partial charge in [0.05, 0.1) is 12.1 Å². The average Bonchev–Trinajstić information content (AvgIpc) is 3.18. The predicted octanol–water partition coefficient (Wildman–Crippen LogP) is 3.78. The van der Waals surface area contributed by atoms with Gasteiger partial charge in [0.15, 0.2) is 0 Å². The highest BCUT2D eigenvalue weighted by molar-refractivity contribution is 6.31. The number of fused-ring (bicyclic) bond motifs is 3. The maximum Gasteiger partial charge on any atom is 0.339 e. The Kier molecular flexibility index (Phi) is 6.77. The summed E-state index contributed by atoms with van der Waals surface area (Å²) < 4.78 is 17.8. The standard InChI is InChI=1S/C24H23ClFN5O3.ClH/c1-29-17-9-8-16(26)18(23(33)34)19(17)20-21(22(29)32)31(11-13-5-2-3-7-15(13)25)24(28-20)30-10-4-6-14(27)12-30;/h2-3,5,7-9,14H,4,6,10-12,27H2,1H3,(H,33,34);1H/t14-;/m1./s1. The zero-order valence-corrected chi connectivity index (χ0v) is 20.4. The number of carboxylic acid groups (broad SMARTS) is 1. The van der Waals surface area contributed by atoms with Crippen molar-refractivity contribution in [2.45, 2.75) is 25.4 Å². The minimum atomic E-state index is -1.43. The normalized spacial score (nSPS) is 16.0. The largest absolute Gasteiger partial charge is 0.478 e. The van der Waals surface area contributed by atoms with Crippen LogP contribution in [0.1, 0.15) is 28.8 Å². The van der Waals surface area contributed by atoms with Crippen LogP contribution in [0.5, 0.6) is 0 Å². The average molecular weight is 520 g/mol. The Hall–Kier alpha value is -3.14. The summed E-state index contributed by atoms with van der Waals surface area (Å²) in [4.78, 5) is 32.3. The number of nitrogens with two attached hydrogens (primary N) is 1. The van der Waals surface area contributed by atoms with E-state index in [1.165, 1.54) is 17.7 Å². The summed E-state index contributed by atoms with van der Waals surface area (Å²) in [7, 11) is 1.54. The Labute approximate surface area is 211 Å². The van der Waals surface area contributed by atoms with Gasteiger partial charge in [0.25, 0.3) is 5.56 Å². The highest BCUT2D eigenvalue weighted by Crippen LogP contribution is 2.32. The molecule has 0 aliphatic carbocycles. The van der Waals surface area contributed by atoms with Gasteiger partial charge in [-0.3, -0.25) is 4.79 Å². The van der Waals surface area contributed by atoms with Gasteiger partial charge < -0.3 is 24.9 Å². The summed E-state index contributed by atoms with van der Waals surface area (Å²) in [6.07, 6.45) is 1.73. The number of rotatable bonds is 4. The predicted molar refractivity (Wildman–Crippen MR) is 137 cm³/mol. The van der Waals surface area contributed by atoms with E-state index in [2.05, 4.69) is 0 Å². The molecule has 0 radical (unpaired) electrons. The van der Waals surface area contributed by atoms with E-state index in [1.54, 1.807) is 10.6 Å². The highest BCUT2D eigenvalue weighted by Gasteiger charge is 2.28. The molecule has 2 aromatic carbocycles. The third-order valence-electron chi connectivity index (χ3n) is 6.43. The first kappa shape index (κ1) is 25.0. The van der Waals surface area contributed by atoms with Crippen LogP contribution in [-0.4, -0.2) is 44.3 Å². The van der Waals surface area contributed by atoms with Gasteiger partial charge in [-0.05, 0) is 36.6 Å². The van der Waals surface area contributed by atoms with Gasteiger partial charge in [-0.1, -0.05) is 29.8 Å². The number of nitrogens with zero attached hydrogens (tertiary/aromatic N) is 4. The second kappa shape index (κ2) is 9.49. The number of aromatic nitrogens is 3. The van der Waals surface area contributed by atoms with Crippen molar-refractivity contribution in [2.24, 2.45) is 12.8 Å². The summed E-state index contributed by atoms with van der Waals surface area (Å²) in [5.41, 5.74) is 6.75. The number of hydrogen-bond acceptors (Lipinski definition) is 5. The number of anilines is 1. The monoisotopic (exact) mass is 519 g/mol. The molecule has 5 rings (SSSR count). The molecule has 1 atom stereocenters. The van der Waals surface area contributed by atoms with Crippen molar-refractivity contribution in [3.63, 3.8) is 0 Å². The van der Waals surface area contributed by atoms with Crippen molar-refractivity contribution in [3.05, 3.63) is 68.7 Å². The van der Waals surface area contributed by atoms with Gasteiger partial charge in [-0.15, -0.1) is 12.4 Å². The Morgan fingerprint density at radius 1 is 1.29 bits per heavy atom. The second-order valence-electron chi connectivity index (χ2n) is 8.62. The van der Waals surface area contributed by atoms with Crippen molar-refractivity contribution in [1.29, 1.82) is 0 Å². The van der Waals surface area contributed by atoms with E-state index in [1.807, 2.05) is 23.1 Å². The summed E-state index contributed by atoms with van der Waals surface area (Å²) in [6.45, 7) is 1.44. The minimum Gasteiger partial charge on any atom is -0.478 e. The molecule has 0 unspecified atom stereocenters. The number of benzene rings is 2. The first-order valence-electron chi connectivity index (χ1n) is 11.0. The molecule has 3 heterocycles. The molecule has 2 aromatic heterocycles. The van der Waals surface area contributed by atoms with Gasteiger partial charge in [0.1, 0.15) is 22.4 Å². The van der Waals surface area contributed by atoms with Crippen LogP contribution in [0.4, 0.5) is 10.3 Å². The number of aromatic carboxylic acids is 1. The molecule has 1 aliphatic heterocycles. The fraction of sp³-hybridized carbons (Fsp3) is 0.292. The molecular formula is C24H24Cl2FN5O3. The van der Waals surface area contributed by atoms with Crippen LogP contribution in [-0.2, 0) is 13.6 Å². The van der Waals surface area contributed by atoms with E-state index in [9.17, 15) is 19.1 Å². The van der Waals surface area contributed by atoms with Gasteiger partial charge in [-0.2, -0.15) is 0 Å². The molecule has 8 nitrogen and oxygen atoms in total. The van der Waals surface area contributed by atoms with Gasteiger partial charge in [0, 0.05) is 36.6 Å². The molecule has 1 saturated heterocycles. The molecule has 184 valence electrons. The molecule has 11 heteroatoms. The van der Waals surface area contributed by atoms with E-state index in [0.29, 0.717) is 29.6 Å². The number of carboxylic acids is 1. The smallest absolute Gasteiger partial charge is 0.339 e. The zero-order chi connectivity index (χ0) is 24.1. The third kappa shape index (κ3) is 4.13. The van der Waals surface area contributed by atoms with Gasteiger partial charge >= 0.3 is 5.97 Å². The first-order chi connectivity index (χ1) is 16.3. The molecule has 35 heavy (non-hydrogen) atoms. The Balaban J connectivity index is 0.00000289. The van der Waals surface area contributed by atoms with Crippen LogP contribution in [0.2, 0.25) is 5.02 Å². The zero-order valence-electron chi connectivity index (χ0n) is 18.9. The second-order valence-corrected chi connectivity index (χ2v) is 9.03. The lowest BCUT2D eigenvalue weighted by molar-refractivity contribution is 0.0694. The highest BCUT2D eigenvalue weighted by atomic mass is 35.5. The Morgan fingerprint density at radius 2 is 2.03 bits per heavy atom. The van der Waals surface area contributed by atoms with E-state index >= 15 is 0 Å². The molecule has 3 N–H and O–H groups in total. The number of carbonyl (C=O) groups is 1. The lowest BCUT2D eigenvalue weighted by Gasteiger charge is -2.32. The van der Waals surface area contributed by atoms with Gasteiger partial charge in [0.2, 0.25) is 5.95 Å². The summed E-state index contributed by atoms with van der Waals surface area (Å²) >= 11 is 6.43. The lowest BCUT2D eigenvalue weighted by atomic mass is 10.1. The maximum absolute atomic E-state index is 14.7. The molecular weight excluding hydrogens is 496 g/mol. The van der Waals surface area contributed by atoms with E-state index in [0.717, 1.165) is 24.5 Å². The van der Waals surface area contributed by atoms with E-state index < -0.39 is 17.3 Å². The molecule has 0 bridgehead atoms. The van der Waals surface area contributed by atoms with Crippen molar-refractivity contribution in [2.75, 3.05) is 18.0 Å². The van der Waals surface area contributed by atoms with E-state index in [-0.39, 0.29) is 47.0 Å². The van der Waals surface area contributed by atoms with Crippen LogP contribution < -0.4 is 16.2 Å². The minimum absolute atomic E-state index is 0. The fourth-order valence-electron chi connectivity index (χ4n) is 4.77. The SMILES string of the molecule is Cl.Cn1c(=O)c2c(nc(N3CCC[C@@H](N)C3)n2Cc2ccccc2Cl)c2c(C(=O)O)c(F)ccc21. The molecule has 0 spiro atoms. The first-order valence-corrected chi connectivity index (χ1v) is 11.3. The summed E-state index contributed by atoms with van der Waals surface area (Å²) in [5.74, 6) is -1.83. The maximum atomic E-state index is 14.7. The Morgan fingerprint density at radius 3 is 2.71 bits per heavy atom. The van der Waals surface area contributed by atoms with Gasteiger partial charge in [-0.25, -0.2) is 14.2 Å². The Bertz CT molecular complexity index is 1520. The molecule has 0 saturated carbocycles. The van der Waals surface area contributed by atoms with Crippen molar-refractivity contribution in [3.8, 4) is 0 Å². The third-order valence-corrected chi connectivity index (χ3v) is 6.79. The van der Waals surface area contributed by atoms with Crippen LogP contribution >= 0.6 is 24.0 Å². The van der Waals surface area contributed by atoms with Crippen molar-refractivity contribution < 1.29 is 14.3 Å². The molecule has 1 aliphatic rings. The van der Waals surface area contributed by atoms with Crippen molar-refractivity contribution >= 4 is 57.9 Å². The fourth-order valence-corrected chi connectivity index (χ4v) is 4.97. The quantitative estimate of drug-likeness (QED) is 0.425. The van der Waals surface area contributed by atoms with Crippen molar-refractivity contribution in [1.82, 2.24) is 14.1 Å². The summed E-state index contributed by atoms with van der Waals surface area (Å²) in [6, 6.07) is 9.68. The van der Waals surface area contributed by atoms with E-state index in [4.69, 9.17) is 22.3 Å². The molecule has 0 amide bonds. The number of piperidine rings is 1. The van der Waals surface area contributed by atoms with Crippen LogP contribution in [0.25, 0.3) is 21.9 Å². The molecule has 4 aromatic rings. The van der Waals surface area contributed by atoms with Crippen LogP contribution in [0, 0.1) is 5.82 Å². The summed E-state index contributed by atoms with van der Waals surface area (Å²) in [5, 5.41) is 10.4. The van der Waals surface area contributed by atoms with Crippen LogP contribution in [0.3, 0.4) is 0 Å². The molecule has 1 fully saturated rings. The number of imidazole rings is 1. The number of pyridine rings is 1.